The lowest BCUT2D eigenvalue weighted by atomic mass is 9.99. The van der Waals surface area contributed by atoms with E-state index in [9.17, 15) is 9.59 Å². The van der Waals surface area contributed by atoms with Gasteiger partial charge in [-0.25, -0.2) is 0 Å². The molecule has 0 aromatic rings. The molecule has 0 spiro atoms. The molecule has 1 N–H and O–H groups in total. The second-order valence-electron chi connectivity index (χ2n) is 4.63. The number of unbranched alkanes of at least 4 members (excludes halogenated alkanes) is 1. The molecule has 0 saturated carbocycles. The Kier molecular flexibility index (Phi) is 3.94. The Balaban J connectivity index is 2.58. The highest BCUT2D eigenvalue weighted by atomic mass is 16.2. The van der Waals surface area contributed by atoms with Crippen LogP contribution in [0, 0.1) is 12.3 Å². The predicted molar refractivity (Wildman–Crippen MR) is 61.5 cm³/mol. The van der Waals surface area contributed by atoms with Crippen molar-refractivity contribution in [1.29, 1.82) is 0 Å². The second kappa shape index (κ2) is 5.02. The van der Waals surface area contributed by atoms with Crippen molar-refractivity contribution in [2.24, 2.45) is 0 Å². The fourth-order valence-electron chi connectivity index (χ4n) is 1.73. The van der Waals surface area contributed by atoms with E-state index in [0.717, 1.165) is 0 Å². The van der Waals surface area contributed by atoms with Crippen molar-refractivity contribution in [3.05, 3.63) is 0 Å². The molecule has 0 aromatic heterocycles. The van der Waals surface area contributed by atoms with E-state index in [1.807, 2.05) is 13.8 Å². The van der Waals surface area contributed by atoms with Crippen LogP contribution in [0.2, 0.25) is 0 Å². The summed E-state index contributed by atoms with van der Waals surface area (Å²) in [4.78, 5) is 24.8. The number of amides is 2. The zero-order chi connectivity index (χ0) is 12.2. The summed E-state index contributed by atoms with van der Waals surface area (Å²) in [6.07, 6.45) is 6.83. The Morgan fingerprint density at radius 1 is 1.62 bits per heavy atom. The molecule has 0 aliphatic carbocycles. The summed E-state index contributed by atoms with van der Waals surface area (Å²) >= 11 is 0. The first-order valence-corrected chi connectivity index (χ1v) is 5.48. The molecule has 0 atom stereocenters. The molecular weight excluding hydrogens is 204 g/mol. The summed E-state index contributed by atoms with van der Waals surface area (Å²) in [5, 5.41) is 2.76. The van der Waals surface area contributed by atoms with E-state index in [4.69, 9.17) is 6.42 Å². The van der Waals surface area contributed by atoms with Crippen LogP contribution in [0.1, 0.15) is 33.1 Å². The van der Waals surface area contributed by atoms with Gasteiger partial charge in [-0.15, -0.1) is 12.3 Å². The molecule has 88 valence electrons. The maximum atomic E-state index is 11.9. The smallest absolute Gasteiger partial charge is 0.239 e. The van der Waals surface area contributed by atoms with Gasteiger partial charge in [0.15, 0.2) is 0 Å². The van der Waals surface area contributed by atoms with Gasteiger partial charge >= 0.3 is 0 Å². The highest BCUT2D eigenvalue weighted by Gasteiger charge is 2.35. The average Bonchev–Trinajstić information content (AvgIpc) is 2.22. The van der Waals surface area contributed by atoms with Crippen molar-refractivity contribution in [1.82, 2.24) is 10.2 Å². The van der Waals surface area contributed by atoms with Crippen LogP contribution in [0.5, 0.6) is 0 Å². The fraction of sp³-hybridized carbons (Fsp3) is 0.667. The van der Waals surface area contributed by atoms with E-state index in [2.05, 4.69) is 11.2 Å². The van der Waals surface area contributed by atoms with Crippen molar-refractivity contribution in [3.63, 3.8) is 0 Å². The molecule has 1 fully saturated rings. The molecule has 4 heteroatoms. The van der Waals surface area contributed by atoms with E-state index >= 15 is 0 Å². The molecule has 0 radical (unpaired) electrons. The maximum Gasteiger partial charge on any atom is 0.239 e. The van der Waals surface area contributed by atoms with E-state index in [1.54, 1.807) is 4.90 Å². The monoisotopic (exact) mass is 222 g/mol. The van der Waals surface area contributed by atoms with Gasteiger partial charge in [-0.05, 0) is 20.3 Å². The van der Waals surface area contributed by atoms with Gasteiger partial charge in [-0.3, -0.25) is 9.59 Å². The molecule has 0 unspecified atom stereocenters. The number of hydrogen-bond acceptors (Lipinski definition) is 2. The predicted octanol–water partition coefficient (Wildman–Crippen LogP) is 0.527. The van der Waals surface area contributed by atoms with E-state index in [-0.39, 0.29) is 23.9 Å². The van der Waals surface area contributed by atoms with Crippen LogP contribution >= 0.6 is 0 Å². The Morgan fingerprint density at radius 2 is 2.31 bits per heavy atom. The van der Waals surface area contributed by atoms with Gasteiger partial charge in [0.2, 0.25) is 11.8 Å². The summed E-state index contributed by atoms with van der Waals surface area (Å²) < 4.78 is 0. The van der Waals surface area contributed by atoms with Crippen LogP contribution in [0.15, 0.2) is 0 Å². The number of carbonyl (C=O) groups is 2. The molecule has 2 amide bonds. The van der Waals surface area contributed by atoms with Crippen molar-refractivity contribution in [2.45, 2.75) is 38.6 Å². The van der Waals surface area contributed by atoms with Crippen molar-refractivity contribution < 1.29 is 9.59 Å². The van der Waals surface area contributed by atoms with Crippen molar-refractivity contribution in [2.75, 3.05) is 13.1 Å². The van der Waals surface area contributed by atoms with Crippen LogP contribution in [-0.4, -0.2) is 35.3 Å². The molecule has 1 rings (SSSR count). The second-order valence-corrected chi connectivity index (χ2v) is 4.63. The molecule has 4 nitrogen and oxygen atoms in total. The normalized spacial score (nSPS) is 18.8. The van der Waals surface area contributed by atoms with E-state index in [1.165, 1.54) is 0 Å². The Labute approximate surface area is 96.4 Å². The lowest BCUT2D eigenvalue weighted by molar-refractivity contribution is -0.145. The number of nitrogens with zero attached hydrogens (tertiary/aromatic N) is 1. The largest absolute Gasteiger partial charge is 0.352 e. The Morgan fingerprint density at radius 3 is 2.94 bits per heavy atom. The highest BCUT2D eigenvalue weighted by Crippen LogP contribution is 2.18. The van der Waals surface area contributed by atoms with Crippen LogP contribution in [0.25, 0.3) is 0 Å². The molecule has 1 heterocycles. The molecule has 1 saturated heterocycles. The molecule has 0 bridgehead atoms. The third-order valence-corrected chi connectivity index (χ3v) is 2.76. The van der Waals surface area contributed by atoms with E-state index < -0.39 is 0 Å². The summed E-state index contributed by atoms with van der Waals surface area (Å²) in [6, 6.07) is 0. The molecule has 1 aliphatic rings. The fourth-order valence-corrected chi connectivity index (χ4v) is 1.73. The van der Waals surface area contributed by atoms with Gasteiger partial charge in [0.25, 0.3) is 0 Å². The third-order valence-electron chi connectivity index (χ3n) is 2.76. The van der Waals surface area contributed by atoms with Crippen molar-refractivity contribution >= 4 is 11.8 Å². The number of rotatable bonds is 3. The van der Waals surface area contributed by atoms with Gasteiger partial charge in [0.1, 0.15) is 6.54 Å². The molecule has 1 aliphatic heterocycles. The Bertz CT molecular complexity index is 328. The van der Waals surface area contributed by atoms with Gasteiger partial charge in [-0.1, -0.05) is 0 Å². The first-order valence-electron chi connectivity index (χ1n) is 5.48. The maximum absolute atomic E-state index is 11.9. The van der Waals surface area contributed by atoms with Gasteiger partial charge in [0.05, 0.1) is 5.54 Å². The number of terminal acetylenes is 1. The highest BCUT2D eigenvalue weighted by molar-refractivity contribution is 5.86. The number of carbonyl (C=O) groups excluding carboxylic acids is 2. The SMILES string of the molecule is C#CCCCC(=O)N1CC(=O)NCC1(C)C. The van der Waals surface area contributed by atoms with Gasteiger partial charge in [-0.2, -0.15) is 0 Å². The standard InChI is InChI=1S/C12H18N2O2/c1-4-5-6-7-11(16)14-8-10(15)13-9-12(14,2)3/h1H,5-9H2,2-3H3,(H,13,15). The first-order chi connectivity index (χ1) is 7.47. The topological polar surface area (TPSA) is 49.4 Å². The minimum atomic E-state index is -0.304. The number of nitrogens with one attached hydrogen (secondary N) is 1. The minimum absolute atomic E-state index is 0.00935. The van der Waals surface area contributed by atoms with Gasteiger partial charge in [0, 0.05) is 19.4 Å². The first kappa shape index (κ1) is 12.6. The quantitative estimate of drug-likeness (QED) is 0.559. The van der Waals surface area contributed by atoms with Crippen LogP contribution in [0.4, 0.5) is 0 Å². The summed E-state index contributed by atoms with van der Waals surface area (Å²) in [6.45, 7) is 4.56. The lowest BCUT2D eigenvalue weighted by Gasteiger charge is -2.42. The average molecular weight is 222 g/mol. The number of piperazine rings is 1. The van der Waals surface area contributed by atoms with Crippen molar-refractivity contribution in [3.8, 4) is 12.3 Å². The van der Waals surface area contributed by atoms with Crippen LogP contribution in [-0.2, 0) is 9.59 Å². The third kappa shape index (κ3) is 2.99. The number of hydrogen-bond donors (Lipinski definition) is 1. The zero-order valence-electron chi connectivity index (χ0n) is 9.88. The van der Waals surface area contributed by atoms with Gasteiger partial charge < -0.3 is 10.2 Å². The lowest BCUT2D eigenvalue weighted by Crippen LogP contribution is -2.62. The van der Waals surface area contributed by atoms with Crippen LogP contribution < -0.4 is 5.32 Å². The summed E-state index contributed by atoms with van der Waals surface area (Å²) in [5.74, 6) is 2.42. The summed E-state index contributed by atoms with van der Waals surface area (Å²) in [7, 11) is 0. The zero-order valence-corrected chi connectivity index (χ0v) is 9.88. The molecule has 16 heavy (non-hydrogen) atoms. The molecule has 0 aromatic carbocycles. The van der Waals surface area contributed by atoms with Crippen LogP contribution in [0.3, 0.4) is 0 Å². The Hall–Kier alpha value is -1.50. The minimum Gasteiger partial charge on any atom is -0.352 e. The summed E-state index contributed by atoms with van der Waals surface area (Å²) in [5.41, 5.74) is -0.304. The van der Waals surface area contributed by atoms with E-state index in [0.29, 0.717) is 25.8 Å². The molecular formula is C12H18N2O2.